The third-order valence-corrected chi connectivity index (χ3v) is 3.91. The molecule has 122 valence electrons. The molecule has 1 heterocycles. The molecule has 22 heavy (non-hydrogen) atoms. The second-order valence-electron chi connectivity index (χ2n) is 6.81. The van der Waals surface area contributed by atoms with E-state index in [9.17, 15) is 9.18 Å². The Hall–Kier alpha value is -1.46. The van der Waals surface area contributed by atoms with Crippen LogP contribution in [0.3, 0.4) is 0 Å². The lowest BCUT2D eigenvalue weighted by atomic mass is 10.0. The van der Waals surface area contributed by atoms with E-state index < -0.39 is 0 Å². The van der Waals surface area contributed by atoms with Crippen molar-refractivity contribution in [2.75, 3.05) is 32.7 Å². The maximum absolute atomic E-state index is 13.4. The van der Waals surface area contributed by atoms with Crippen molar-refractivity contribution < 1.29 is 9.18 Å². The zero-order valence-electron chi connectivity index (χ0n) is 13.7. The number of amides is 1. The van der Waals surface area contributed by atoms with Gasteiger partial charge < -0.3 is 10.2 Å². The molecular weight excluding hydrogens is 281 g/mol. The maximum atomic E-state index is 13.4. The normalized spacial score (nSPS) is 16.5. The summed E-state index contributed by atoms with van der Waals surface area (Å²) in [4.78, 5) is 16.7. The quantitative estimate of drug-likeness (QED) is 0.922. The summed E-state index contributed by atoms with van der Waals surface area (Å²) in [6.45, 7) is 10.5. The van der Waals surface area contributed by atoms with Crippen molar-refractivity contribution in [1.29, 1.82) is 0 Å². The number of hydrogen-bond acceptors (Lipinski definition) is 3. The summed E-state index contributed by atoms with van der Waals surface area (Å²) in [6, 6.07) is 6.47. The molecular formula is C17H26FN3O. The van der Waals surface area contributed by atoms with Gasteiger partial charge in [-0.25, -0.2) is 4.39 Å². The van der Waals surface area contributed by atoms with E-state index >= 15 is 0 Å². The molecule has 1 N–H and O–H groups in total. The zero-order chi connectivity index (χ0) is 16.2. The predicted molar refractivity (Wildman–Crippen MR) is 86.0 cm³/mol. The topological polar surface area (TPSA) is 35.6 Å². The molecule has 1 saturated heterocycles. The van der Waals surface area contributed by atoms with E-state index in [1.54, 1.807) is 6.07 Å². The molecule has 1 aliphatic heterocycles. The average molecular weight is 307 g/mol. The Morgan fingerprint density at radius 2 is 2.00 bits per heavy atom. The highest BCUT2D eigenvalue weighted by molar-refractivity contribution is 5.79. The smallest absolute Gasteiger partial charge is 0.237 e. The fraction of sp³-hybridized carbons (Fsp3) is 0.588. The molecule has 1 fully saturated rings. The van der Waals surface area contributed by atoms with Crippen LogP contribution in [0.5, 0.6) is 0 Å². The van der Waals surface area contributed by atoms with Gasteiger partial charge in [0, 0.05) is 38.3 Å². The lowest BCUT2D eigenvalue weighted by Crippen LogP contribution is -2.52. The van der Waals surface area contributed by atoms with Crippen LogP contribution in [-0.2, 0) is 11.3 Å². The van der Waals surface area contributed by atoms with Gasteiger partial charge in [-0.15, -0.1) is 0 Å². The third-order valence-electron chi connectivity index (χ3n) is 3.91. The molecule has 0 aliphatic carbocycles. The number of nitrogens with one attached hydrogen (secondary N) is 1. The van der Waals surface area contributed by atoms with Crippen LogP contribution < -0.4 is 5.32 Å². The second kappa shape index (κ2) is 7.20. The highest BCUT2D eigenvalue weighted by Gasteiger charge is 2.28. The summed E-state index contributed by atoms with van der Waals surface area (Å²) < 4.78 is 13.4. The Labute approximate surface area is 132 Å². The molecule has 0 saturated carbocycles. The number of piperazine rings is 1. The molecule has 2 rings (SSSR count). The van der Waals surface area contributed by atoms with E-state index in [1.807, 2.05) is 31.7 Å². The summed E-state index contributed by atoms with van der Waals surface area (Å²) in [6.07, 6.45) is 0. The van der Waals surface area contributed by atoms with Crippen LogP contribution in [-0.4, -0.2) is 54.0 Å². The predicted octanol–water partition coefficient (Wildman–Crippen LogP) is 1.86. The molecule has 1 amide bonds. The number of benzene rings is 1. The molecule has 0 radical (unpaired) electrons. The number of hydrogen-bond donors (Lipinski definition) is 1. The molecule has 0 atom stereocenters. The summed E-state index contributed by atoms with van der Waals surface area (Å²) in [5, 5.41) is 3.29. The fourth-order valence-electron chi connectivity index (χ4n) is 2.66. The first-order valence-electron chi connectivity index (χ1n) is 7.84. The van der Waals surface area contributed by atoms with Gasteiger partial charge in [-0.3, -0.25) is 9.69 Å². The second-order valence-corrected chi connectivity index (χ2v) is 6.81. The Morgan fingerprint density at radius 3 is 2.59 bits per heavy atom. The molecule has 1 aromatic rings. The van der Waals surface area contributed by atoms with Gasteiger partial charge in [0.1, 0.15) is 5.82 Å². The number of halogens is 1. The largest absolute Gasteiger partial charge is 0.332 e. The summed E-state index contributed by atoms with van der Waals surface area (Å²) in [5.74, 6) is -0.167. The lowest BCUT2D eigenvalue weighted by molar-refractivity contribution is -0.138. The monoisotopic (exact) mass is 307 g/mol. The van der Waals surface area contributed by atoms with Crippen LogP contribution in [0, 0.1) is 5.82 Å². The number of carbonyl (C=O) groups excluding carboxylic acids is 1. The first kappa shape index (κ1) is 16.9. The molecule has 0 unspecified atom stereocenters. The molecule has 0 bridgehead atoms. The summed E-state index contributed by atoms with van der Waals surface area (Å²) >= 11 is 0. The van der Waals surface area contributed by atoms with E-state index in [1.165, 1.54) is 12.1 Å². The van der Waals surface area contributed by atoms with E-state index in [0.717, 1.165) is 31.7 Å². The van der Waals surface area contributed by atoms with Crippen molar-refractivity contribution in [2.24, 2.45) is 0 Å². The first-order chi connectivity index (χ1) is 10.4. The fourth-order valence-corrected chi connectivity index (χ4v) is 2.66. The van der Waals surface area contributed by atoms with Gasteiger partial charge >= 0.3 is 0 Å². The minimum atomic E-state index is -0.294. The van der Waals surface area contributed by atoms with Gasteiger partial charge in [-0.05, 0) is 38.5 Å². The number of nitrogens with zero attached hydrogens (tertiary/aromatic N) is 2. The zero-order valence-corrected chi connectivity index (χ0v) is 13.7. The lowest BCUT2D eigenvalue weighted by Gasteiger charge is -2.38. The van der Waals surface area contributed by atoms with E-state index in [2.05, 4.69) is 10.2 Å². The Bertz CT molecular complexity index is 507. The maximum Gasteiger partial charge on any atom is 0.237 e. The van der Waals surface area contributed by atoms with Crippen LogP contribution in [0.25, 0.3) is 0 Å². The van der Waals surface area contributed by atoms with Crippen molar-refractivity contribution in [3.05, 3.63) is 35.6 Å². The van der Waals surface area contributed by atoms with Gasteiger partial charge in [0.05, 0.1) is 6.54 Å². The van der Waals surface area contributed by atoms with Crippen LogP contribution in [0.1, 0.15) is 26.3 Å². The molecule has 1 aliphatic rings. The van der Waals surface area contributed by atoms with E-state index in [0.29, 0.717) is 13.1 Å². The number of rotatable bonds is 4. The van der Waals surface area contributed by atoms with Gasteiger partial charge in [0.25, 0.3) is 0 Å². The summed E-state index contributed by atoms with van der Waals surface area (Å²) in [7, 11) is 0. The highest BCUT2D eigenvalue weighted by Crippen LogP contribution is 2.18. The minimum absolute atomic E-state index is 0.0960. The Balaban J connectivity index is 2.06. The van der Waals surface area contributed by atoms with Gasteiger partial charge in [-0.1, -0.05) is 12.1 Å². The van der Waals surface area contributed by atoms with Crippen LogP contribution in [0.4, 0.5) is 4.39 Å². The van der Waals surface area contributed by atoms with Crippen molar-refractivity contribution in [3.63, 3.8) is 0 Å². The van der Waals surface area contributed by atoms with Crippen molar-refractivity contribution in [3.8, 4) is 0 Å². The van der Waals surface area contributed by atoms with Crippen LogP contribution in [0.2, 0.25) is 0 Å². The van der Waals surface area contributed by atoms with Crippen molar-refractivity contribution in [1.82, 2.24) is 15.1 Å². The average Bonchev–Trinajstić information content (AvgIpc) is 2.44. The van der Waals surface area contributed by atoms with Crippen molar-refractivity contribution >= 4 is 5.91 Å². The first-order valence-corrected chi connectivity index (χ1v) is 7.84. The molecule has 1 aromatic carbocycles. The molecule has 0 aromatic heterocycles. The Morgan fingerprint density at radius 1 is 1.32 bits per heavy atom. The van der Waals surface area contributed by atoms with Crippen molar-refractivity contribution in [2.45, 2.75) is 32.9 Å². The standard InChI is InChI=1S/C17H26FN3O/c1-17(2,3)21(12-14-5-4-6-15(18)11-14)16(22)13-20-9-7-19-8-10-20/h4-6,11,19H,7-10,12-13H2,1-3H3. The SMILES string of the molecule is CC(C)(C)N(Cc1cccc(F)c1)C(=O)CN1CCNCC1. The minimum Gasteiger partial charge on any atom is -0.332 e. The van der Waals surface area contributed by atoms with E-state index in [-0.39, 0.29) is 17.3 Å². The van der Waals surface area contributed by atoms with Gasteiger partial charge in [0.2, 0.25) is 5.91 Å². The van der Waals surface area contributed by atoms with E-state index in [4.69, 9.17) is 0 Å². The molecule has 5 heteroatoms. The third kappa shape index (κ3) is 4.78. The van der Waals surface area contributed by atoms with Gasteiger partial charge in [0.15, 0.2) is 0 Å². The van der Waals surface area contributed by atoms with Crippen LogP contribution >= 0.6 is 0 Å². The van der Waals surface area contributed by atoms with Crippen LogP contribution in [0.15, 0.2) is 24.3 Å². The highest BCUT2D eigenvalue weighted by atomic mass is 19.1. The van der Waals surface area contributed by atoms with Gasteiger partial charge in [-0.2, -0.15) is 0 Å². The number of carbonyl (C=O) groups is 1. The Kier molecular flexibility index (Phi) is 5.53. The molecule has 0 spiro atoms. The summed E-state index contributed by atoms with van der Waals surface area (Å²) in [5.41, 5.74) is 0.529. The molecule has 4 nitrogen and oxygen atoms in total.